The van der Waals surface area contributed by atoms with Crippen LogP contribution in [0.15, 0.2) is 48.5 Å². The summed E-state index contributed by atoms with van der Waals surface area (Å²) in [6, 6.07) is 13.8. The van der Waals surface area contributed by atoms with E-state index in [1.54, 1.807) is 12.1 Å². The summed E-state index contributed by atoms with van der Waals surface area (Å²) in [6.07, 6.45) is 4.08. The van der Waals surface area contributed by atoms with Crippen LogP contribution < -0.4 is 15.4 Å². The summed E-state index contributed by atoms with van der Waals surface area (Å²) in [5, 5.41) is 18.8. The van der Waals surface area contributed by atoms with Gasteiger partial charge in [-0.15, -0.1) is 0 Å². The summed E-state index contributed by atoms with van der Waals surface area (Å²) in [7, 11) is 0. The van der Waals surface area contributed by atoms with Crippen LogP contribution in [-0.4, -0.2) is 41.4 Å². The van der Waals surface area contributed by atoms with Gasteiger partial charge in [0.2, 0.25) is 0 Å². The summed E-state index contributed by atoms with van der Waals surface area (Å²) < 4.78 is 5.61. The van der Waals surface area contributed by atoms with E-state index >= 15 is 0 Å². The van der Waals surface area contributed by atoms with Crippen molar-refractivity contribution >= 4 is 17.3 Å². The molecule has 1 saturated heterocycles. The highest BCUT2D eigenvalue weighted by Crippen LogP contribution is 2.37. The first-order valence-corrected chi connectivity index (χ1v) is 11.5. The smallest absolute Gasteiger partial charge is 0.120 e. The molecule has 2 aliphatic rings. The maximum atomic E-state index is 10.6. The number of piperidine rings is 1. The van der Waals surface area contributed by atoms with Crippen molar-refractivity contribution in [3.63, 3.8) is 0 Å². The molecule has 31 heavy (non-hydrogen) atoms. The van der Waals surface area contributed by atoms with Crippen LogP contribution in [0, 0.1) is 0 Å². The van der Waals surface area contributed by atoms with E-state index in [1.165, 1.54) is 0 Å². The zero-order chi connectivity index (χ0) is 22.0. The summed E-state index contributed by atoms with van der Waals surface area (Å²) in [6.45, 7) is 9.16. The SMILES string of the molecule is CCOc1ccc(C2=CC(c3cc(Cl)ccc3O)NC3(CCN(C(C)C)CC3)N2)cc1. The molecule has 5 nitrogen and oxygen atoms in total. The minimum atomic E-state index is -0.243. The van der Waals surface area contributed by atoms with E-state index in [0.29, 0.717) is 17.7 Å². The fourth-order valence-corrected chi connectivity index (χ4v) is 4.72. The second-order valence-corrected chi connectivity index (χ2v) is 9.14. The number of halogens is 1. The Morgan fingerprint density at radius 1 is 1.16 bits per heavy atom. The first kappa shape index (κ1) is 22.0. The second-order valence-electron chi connectivity index (χ2n) is 8.70. The van der Waals surface area contributed by atoms with E-state index in [-0.39, 0.29) is 17.5 Å². The van der Waals surface area contributed by atoms with E-state index in [2.05, 4.69) is 47.6 Å². The molecule has 0 amide bonds. The van der Waals surface area contributed by atoms with E-state index in [0.717, 1.165) is 48.5 Å². The Labute approximate surface area is 190 Å². The number of aromatic hydroxyl groups is 1. The van der Waals surface area contributed by atoms with Crippen molar-refractivity contribution < 1.29 is 9.84 Å². The summed E-state index contributed by atoms with van der Waals surface area (Å²) in [4.78, 5) is 2.51. The highest BCUT2D eigenvalue weighted by molar-refractivity contribution is 6.30. The van der Waals surface area contributed by atoms with Crippen LogP contribution in [0.1, 0.15) is 50.8 Å². The standard InChI is InChI=1S/C25H32ClN3O2/c1-4-31-20-8-5-18(6-9-20)22-16-23(21-15-19(26)7-10-24(21)30)28-25(27-22)11-13-29(14-12-25)17(2)3/h5-10,15-17,23,27-28,30H,4,11-14H2,1-3H3. The lowest BCUT2D eigenvalue weighted by molar-refractivity contribution is 0.0907. The number of ether oxygens (including phenoxy) is 1. The van der Waals surface area contributed by atoms with Gasteiger partial charge in [-0.2, -0.15) is 0 Å². The van der Waals surface area contributed by atoms with Gasteiger partial charge in [-0.1, -0.05) is 11.6 Å². The summed E-state index contributed by atoms with van der Waals surface area (Å²) in [5.74, 6) is 1.12. The summed E-state index contributed by atoms with van der Waals surface area (Å²) in [5.41, 5.74) is 2.71. The fraction of sp³-hybridized carbons (Fsp3) is 0.440. The van der Waals surface area contributed by atoms with Gasteiger partial charge in [-0.3, -0.25) is 5.32 Å². The lowest BCUT2D eigenvalue weighted by atomic mass is 9.89. The average Bonchev–Trinajstić information content (AvgIpc) is 2.76. The van der Waals surface area contributed by atoms with E-state index in [9.17, 15) is 5.11 Å². The molecule has 2 aromatic carbocycles. The van der Waals surface area contributed by atoms with Gasteiger partial charge in [0.25, 0.3) is 0 Å². The normalized spacial score (nSPS) is 21.1. The molecule has 1 fully saturated rings. The van der Waals surface area contributed by atoms with Crippen molar-refractivity contribution in [1.29, 1.82) is 0 Å². The quantitative estimate of drug-likeness (QED) is 0.614. The maximum Gasteiger partial charge on any atom is 0.120 e. The molecule has 2 aliphatic heterocycles. The van der Waals surface area contributed by atoms with E-state index in [4.69, 9.17) is 16.3 Å². The van der Waals surface area contributed by atoms with Crippen LogP contribution in [0.2, 0.25) is 5.02 Å². The van der Waals surface area contributed by atoms with Gasteiger partial charge in [0, 0.05) is 35.4 Å². The van der Waals surface area contributed by atoms with Gasteiger partial charge < -0.3 is 20.1 Å². The van der Waals surface area contributed by atoms with Crippen molar-refractivity contribution in [1.82, 2.24) is 15.5 Å². The lowest BCUT2D eigenvalue weighted by Crippen LogP contribution is -2.64. The molecule has 166 valence electrons. The fourth-order valence-electron chi connectivity index (χ4n) is 4.54. The molecule has 6 heteroatoms. The van der Waals surface area contributed by atoms with Crippen LogP contribution in [0.3, 0.4) is 0 Å². The molecule has 1 atom stereocenters. The number of phenols is 1. The topological polar surface area (TPSA) is 56.8 Å². The third-order valence-corrected chi connectivity index (χ3v) is 6.56. The summed E-state index contributed by atoms with van der Waals surface area (Å²) >= 11 is 6.27. The number of nitrogens with one attached hydrogen (secondary N) is 2. The number of likely N-dealkylation sites (tertiary alicyclic amines) is 1. The highest BCUT2D eigenvalue weighted by Gasteiger charge is 2.40. The first-order chi connectivity index (χ1) is 14.9. The monoisotopic (exact) mass is 441 g/mol. The number of nitrogens with zero attached hydrogens (tertiary/aromatic N) is 1. The highest BCUT2D eigenvalue weighted by atomic mass is 35.5. The van der Waals surface area contributed by atoms with Crippen LogP contribution in [-0.2, 0) is 0 Å². The Morgan fingerprint density at radius 2 is 1.87 bits per heavy atom. The predicted molar refractivity (Wildman–Crippen MR) is 126 cm³/mol. The van der Waals surface area contributed by atoms with Gasteiger partial charge in [0.15, 0.2) is 0 Å². The van der Waals surface area contributed by atoms with Gasteiger partial charge >= 0.3 is 0 Å². The number of hydrogen-bond donors (Lipinski definition) is 3. The molecule has 4 rings (SSSR count). The number of hydrogen-bond acceptors (Lipinski definition) is 5. The Kier molecular flexibility index (Phi) is 6.47. The van der Waals surface area contributed by atoms with Crippen LogP contribution in [0.25, 0.3) is 5.70 Å². The largest absolute Gasteiger partial charge is 0.508 e. The Balaban J connectivity index is 1.68. The van der Waals surface area contributed by atoms with Gasteiger partial charge in [0.05, 0.1) is 18.3 Å². The molecular weight excluding hydrogens is 410 g/mol. The minimum Gasteiger partial charge on any atom is -0.508 e. The molecule has 0 saturated carbocycles. The van der Waals surface area contributed by atoms with Crippen LogP contribution in [0.4, 0.5) is 0 Å². The number of phenolic OH excluding ortho intramolecular Hbond substituents is 1. The molecular formula is C25H32ClN3O2. The Hall–Kier alpha value is -2.21. The minimum absolute atomic E-state index is 0.146. The van der Waals surface area contributed by atoms with Gasteiger partial charge in [-0.05, 0) is 87.7 Å². The molecule has 3 N–H and O–H groups in total. The third kappa shape index (κ3) is 4.84. The molecule has 2 aromatic rings. The van der Waals surface area contributed by atoms with Crippen LogP contribution >= 0.6 is 11.6 Å². The van der Waals surface area contributed by atoms with Crippen molar-refractivity contribution in [2.45, 2.75) is 51.4 Å². The zero-order valence-corrected chi connectivity index (χ0v) is 19.2. The number of rotatable bonds is 5. The second kappa shape index (κ2) is 9.11. The maximum absolute atomic E-state index is 10.6. The molecule has 1 spiro atoms. The van der Waals surface area contributed by atoms with Crippen molar-refractivity contribution in [3.05, 3.63) is 64.7 Å². The lowest BCUT2D eigenvalue weighted by Gasteiger charge is -2.49. The van der Waals surface area contributed by atoms with E-state index < -0.39 is 0 Å². The van der Waals surface area contributed by atoms with Crippen molar-refractivity contribution in [2.75, 3.05) is 19.7 Å². The van der Waals surface area contributed by atoms with Crippen molar-refractivity contribution in [3.8, 4) is 11.5 Å². The molecule has 1 unspecified atom stereocenters. The Bertz CT molecular complexity index is 934. The van der Waals surface area contributed by atoms with Gasteiger partial charge in [0.1, 0.15) is 11.5 Å². The molecule has 0 aliphatic carbocycles. The zero-order valence-electron chi connectivity index (χ0n) is 18.5. The third-order valence-electron chi connectivity index (χ3n) is 6.32. The number of benzene rings is 2. The molecule has 0 radical (unpaired) electrons. The van der Waals surface area contributed by atoms with Crippen LogP contribution in [0.5, 0.6) is 11.5 Å². The first-order valence-electron chi connectivity index (χ1n) is 11.1. The average molecular weight is 442 g/mol. The van der Waals surface area contributed by atoms with E-state index in [1.807, 2.05) is 25.1 Å². The molecule has 0 aromatic heterocycles. The van der Waals surface area contributed by atoms with Crippen molar-refractivity contribution in [2.24, 2.45) is 0 Å². The van der Waals surface area contributed by atoms with Gasteiger partial charge in [-0.25, -0.2) is 0 Å². The predicted octanol–water partition coefficient (Wildman–Crippen LogP) is 4.92. The molecule has 2 heterocycles. The Morgan fingerprint density at radius 3 is 2.52 bits per heavy atom. The molecule has 0 bridgehead atoms.